The Morgan fingerprint density at radius 2 is 1.84 bits per heavy atom. The summed E-state index contributed by atoms with van der Waals surface area (Å²) in [5, 5.41) is 2.78. The van der Waals surface area contributed by atoms with E-state index in [0.717, 1.165) is 48.8 Å². The summed E-state index contributed by atoms with van der Waals surface area (Å²) in [6.07, 6.45) is -0.102. The summed E-state index contributed by atoms with van der Waals surface area (Å²) >= 11 is 1.97. The molecule has 0 radical (unpaired) electrons. The van der Waals surface area contributed by atoms with E-state index >= 15 is 0 Å². The molecule has 31 heavy (non-hydrogen) atoms. The van der Waals surface area contributed by atoms with Crippen LogP contribution in [0.4, 0.5) is 14.5 Å². The Hall–Kier alpha value is -2.01. The second-order valence-electron chi connectivity index (χ2n) is 7.31. The first-order valence-electron chi connectivity index (χ1n) is 9.89. The van der Waals surface area contributed by atoms with Crippen LogP contribution >= 0.6 is 11.8 Å². The average Bonchev–Trinajstić information content (AvgIpc) is 2.72. The van der Waals surface area contributed by atoms with Crippen LogP contribution in [0.1, 0.15) is 17.5 Å². The first-order valence-corrected chi connectivity index (χ1v) is 12.5. The molecular formula is C21H25F2N3O3S2. The van der Waals surface area contributed by atoms with Crippen molar-refractivity contribution in [2.24, 2.45) is 0 Å². The highest BCUT2D eigenvalue weighted by Gasteiger charge is 2.17. The first kappa shape index (κ1) is 23.6. The van der Waals surface area contributed by atoms with Gasteiger partial charge < -0.3 is 5.32 Å². The third kappa shape index (κ3) is 6.73. The number of rotatable bonds is 8. The van der Waals surface area contributed by atoms with Crippen LogP contribution < -0.4 is 10.0 Å². The molecule has 3 rings (SSSR count). The molecule has 0 bridgehead atoms. The van der Waals surface area contributed by atoms with E-state index in [-0.39, 0.29) is 18.9 Å². The third-order valence-electron chi connectivity index (χ3n) is 4.92. The highest BCUT2D eigenvalue weighted by atomic mass is 32.2. The number of carbonyl (C=O) groups excluding carboxylic acids is 1. The van der Waals surface area contributed by atoms with Crippen LogP contribution in [0.3, 0.4) is 0 Å². The molecule has 2 N–H and O–H groups in total. The zero-order chi connectivity index (χ0) is 22.4. The molecule has 6 nitrogen and oxygen atoms in total. The van der Waals surface area contributed by atoms with Crippen LogP contribution in [0.2, 0.25) is 0 Å². The van der Waals surface area contributed by atoms with Gasteiger partial charge in [-0.25, -0.2) is 21.9 Å². The zero-order valence-electron chi connectivity index (χ0n) is 17.2. The lowest BCUT2D eigenvalue weighted by Crippen LogP contribution is -2.32. The maximum Gasteiger partial charge on any atom is 0.240 e. The van der Waals surface area contributed by atoms with Crippen molar-refractivity contribution in [3.8, 4) is 0 Å². The summed E-state index contributed by atoms with van der Waals surface area (Å²) in [6, 6.07) is 8.19. The van der Waals surface area contributed by atoms with Gasteiger partial charge in [0.05, 0.1) is 4.90 Å². The number of hydrogen-bond donors (Lipinski definition) is 2. The predicted molar refractivity (Wildman–Crippen MR) is 119 cm³/mol. The molecule has 0 aliphatic carbocycles. The lowest BCUT2D eigenvalue weighted by Gasteiger charge is -2.26. The Bertz CT molecular complexity index is 1040. The number of nitrogens with one attached hydrogen (secondary N) is 2. The van der Waals surface area contributed by atoms with Crippen molar-refractivity contribution in [3.63, 3.8) is 0 Å². The van der Waals surface area contributed by atoms with E-state index in [1.807, 2.05) is 36.9 Å². The normalized spacial score (nSPS) is 15.1. The molecule has 168 valence electrons. The van der Waals surface area contributed by atoms with Crippen molar-refractivity contribution in [1.29, 1.82) is 0 Å². The minimum absolute atomic E-state index is 0.102. The van der Waals surface area contributed by atoms with Gasteiger partial charge in [-0.3, -0.25) is 9.69 Å². The zero-order valence-corrected chi connectivity index (χ0v) is 18.8. The number of halogens is 2. The molecular weight excluding hydrogens is 444 g/mol. The average molecular weight is 470 g/mol. The fraction of sp³-hybridized carbons (Fsp3) is 0.381. The van der Waals surface area contributed by atoms with Gasteiger partial charge in [0.15, 0.2) is 11.6 Å². The molecule has 2 aromatic rings. The molecule has 2 aromatic carbocycles. The van der Waals surface area contributed by atoms with Crippen LogP contribution in [-0.2, 0) is 21.4 Å². The molecule has 0 saturated carbocycles. The second kappa shape index (κ2) is 10.5. The number of carbonyl (C=O) groups is 1. The number of amides is 1. The number of sulfonamides is 1. The molecule has 1 saturated heterocycles. The lowest BCUT2D eigenvalue weighted by atomic mass is 10.1. The Kier molecular flexibility index (Phi) is 8.04. The summed E-state index contributed by atoms with van der Waals surface area (Å²) < 4.78 is 52.8. The molecule has 10 heteroatoms. The van der Waals surface area contributed by atoms with E-state index < -0.39 is 26.6 Å². The maximum absolute atomic E-state index is 13.3. The Morgan fingerprint density at radius 1 is 1.10 bits per heavy atom. The van der Waals surface area contributed by atoms with E-state index in [2.05, 4.69) is 14.9 Å². The maximum atomic E-state index is 13.3. The minimum atomic E-state index is -4.04. The van der Waals surface area contributed by atoms with E-state index in [1.54, 1.807) is 0 Å². The quantitative estimate of drug-likeness (QED) is 0.621. The van der Waals surface area contributed by atoms with E-state index in [9.17, 15) is 22.0 Å². The molecule has 1 aliphatic heterocycles. The van der Waals surface area contributed by atoms with Crippen molar-refractivity contribution < 1.29 is 22.0 Å². The van der Waals surface area contributed by atoms with Crippen LogP contribution in [0.5, 0.6) is 0 Å². The fourth-order valence-corrected chi connectivity index (χ4v) is 5.24. The van der Waals surface area contributed by atoms with Gasteiger partial charge in [-0.2, -0.15) is 11.8 Å². The molecule has 1 fully saturated rings. The van der Waals surface area contributed by atoms with Gasteiger partial charge in [0.1, 0.15) is 0 Å². The molecule has 0 unspecified atom stereocenters. The summed E-state index contributed by atoms with van der Waals surface area (Å²) in [5.41, 5.74) is 2.78. The summed E-state index contributed by atoms with van der Waals surface area (Å²) in [6.45, 7) is 4.76. The van der Waals surface area contributed by atoms with E-state index in [1.165, 1.54) is 5.56 Å². The number of aryl methyl sites for hydroxylation is 1. The highest BCUT2D eigenvalue weighted by molar-refractivity contribution is 7.99. The third-order valence-corrected chi connectivity index (χ3v) is 7.32. The molecule has 1 aliphatic rings. The molecule has 1 amide bonds. The predicted octanol–water partition coefficient (Wildman–Crippen LogP) is 3.13. The van der Waals surface area contributed by atoms with Crippen molar-refractivity contribution in [2.75, 3.05) is 36.5 Å². The lowest BCUT2D eigenvalue weighted by molar-refractivity contribution is -0.116. The SMILES string of the molecule is Cc1cc(CN2CCSCC2)ccc1NC(=O)CCNS(=O)(=O)c1ccc(F)c(F)c1. The smallest absolute Gasteiger partial charge is 0.240 e. The van der Waals surface area contributed by atoms with Crippen LogP contribution in [0, 0.1) is 18.6 Å². The monoisotopic (exact) mass is 469 g/mol. The van der Waals surface area contributed by atoms with E-state index in [4.69, 9.17) is 0 Å². The number of anilines is 1. The Morgan fingerprint density at radius 3 is 2.52 bits per heavy atom. The fourth-order valence-electron chi connectivity index (χ4n) is 3.22. The summed E-state index contributed by atoms with van der Waals surface area (Å²) in [4.78, 5) is 14.2. The molecule has 0 spiro atoms. The van der Waals surface area contributed by atoms with Crippen molar-refractivity contribution in [3.05, 3.63) is 59.2 Å². The standard InChI is InChI=1S/C21H25F2N3O3S2/c1-15-12-16(14-26-8-10-30-11-9-26)2-5-20(15)25-21(27)6-7-24-31(28,29)17-3-4-18(22)19(23)13-17/h2-5,12-13,24H,6-11,14H2,1H3,(H,25,27). The van der Waals surface area contributed by atoms with Gasteiger partial charge in [-0.05, 0) is 42.3 Å². The highest BCUT2D eigenvalue weighted by Crippen LogP contribution is 2.20. The van der Waals surface area contributed by atoms with Gasteiger partial charge in [-0.15, -0.1) is 0 Å². The summed E-state index contributed by atoms with van der Waals surface area (Å²) in [5.74, 6) is -0.440. The largest absolute Gasteiger partial charge is 0.326 e. The van der Waals surface area contributed by atoms with Crippen LogP contribution in [-0.4, -0.2) is 50.4 Å². The van der Waals surface area contributed by atoms with Gasteiger partial charge in [-0.1, -0.05) is 12.1 Å². The first-order chi connectivity index (χ1) is 14.7. The van der Waals surface area contributed by atoms with Crippen molar-refractivity contribution >= 4 is 33.4 Å². The molecule has 0 aromatic heterocycles. The number of benzene rings is 2. The molecule has 1 heterocycles. The number of hydrogen-bond acceptors (Lipinski definition) is 5. The van der Waals surface area contributed by atoms with E-state index in [0.29, 0.717) is 11.8 Å². The topological polar surface area (TPSA) is 78.5 Å². The second-order valence-corrected chi connectivity index (χ2v) is 10.3. The molecule has 0 atom stereocenters. The van der Waals surface area contributed by atoms with Gasteiger partial charge in [0, 0.05) is 49.8 Å². The minimum Gasteiger partial charge on any atom is -0.326 e. The van der Waals surface area contributed by atoms with Gasteiger partial charge >= 0.3 is 0 Å². The van der Waals surface area contributed by atoms with Gasteiger partial charge in [0.2, 0.25) is 15.9 Å². The summed E-state index contributed by atoms with van der Waals surface area (Å²) in [7, 11) is -4.04. The van der Waals surface area contributed by atoms with Crippen molar-refractivity contribution in [2.45, 2.75) is 24.8 Å². The Labute approximate surface area is 185 Å². The van der Waals surface area contributed by atoms with Gasteiger partial charge in [0.25, 0.3) is 0 Å². The van der Waals surface area contributed by atoms with Crippen LogP contribution in [0.25, 0.3) is 0 Å². The Balaban J connectivity index is 1.50. The van der Waals surface area contributed by atoms with Crippen LogP contribution in [0.15, 0.2) is 41.3 Å². The number of nitrogens with zero attached hydrogens (tertiary/aromatic N) is 1. The van der Waals surface area contributed by atoms with Crippen molar-refractivity contribution in [1.82, 2.24) is 9.62 Å². The number of thioether (sulfide) groups is 1.